The smallest absolute Gasteiger partial charge is 0.244 e. The number of fused-ring (bicyclic) bond motifs is 1. The third-order valence-electron chi connectivity index (χ3n) is 6.45. The van der Waals surface area contributed by atoms with E-state index in [1.807, 2.05) is 13.8 Å². The number of carbonyl (C=O) groups is 2. The van der Waals surface area contributed by atoms with Crippen LogP contribution in [0.4, 0.5) is 10.1 Å². The van der Waals surface area contributed by atoms with Crippen LogP contribution in [0.3, 0.4) is 0 Å². The molecule has 3 rings (SSSR count). The summed E-state index contributed by atoms with van der Waals surface area (Å²) in [5.41, 5.74) is 0.863. The molecule has 9 nitrogen and oxygen atoms in total. The Kier molecular flexibility index (Phi) is 9.96. The number of hydrogen-bond acceptors (Lipinski definition) is 6. The zero-order chi connectivity index (χ0) is 27.9. The largest absolute Gasteiger partial charge is 0.486 e. The number of halogens is 1. The van der Waals surface area contributed by atoms with Crippen molar-refractivity contribution in [2.24, 2.45) is 0 Å². The molecule has 208 valence electrons. The molecule has 1 heterocycles. The Morgan fingerprint density at radius 3 is 2.26 bits per heavy atom. The molecule has 38 heavy (non-hydrogen) atoms. The number of anilines is 1. The van der Waals surface area contributed by atoms with Crippen LogP contribution in [0.2, 0.25) is 0 Å². The molecule has 2 aromatic carbocycles. The monoisotopic (exact) mass is 549 g/mol. The Hall–Kier alpha value is -3.34. The van der Waals surface area contributed by atoms with Crippen LogP contribution in [0.1, 0.15) is 46.1 Å². The van der Waals surface area contributed by atoms with Gasteiger partial charge in [-0.15, -0.1) is 0 Å². The van der Waals surface area contributed by atoms with Crippen LogP contribution in [0, 0.1) is 5.82 Å². The fourth-order valence-electron chi connectivity index (χ4n) is 4.05. The molecule has 0 fully saturated rings. The molecule has 0 aromatic heterocycles. The lowest BCUT2D eigenvalue weighted by Gasteiger charge is -2.33. The number of sulfonamides is 1. The molecule has 0 saturated carbocycles. The lowest BCUT2D eigenvalue weighted by atomic mass is 10.1. The Labute approximate surface area is 224 Å². The minimum atomic E-state index is -3.88. The normalized spacial score (nSPS) is 14.3. The summed E-state index contributed by atoms with van der Waals surface area (Å²) in [4.78, 5) is 28.4. The topological polar surface area (TPSA) is 105 Å². The molecule has 1 aliphatic heterocycles. The van der Waals surface area contributed by atoms with Crippen molar-refractivity contribution in [3.63, 3.8) is 0 Å². The van der Waals surface area contributed by atoms with Gasteiger partial charge in [0.05, 0.1) is 11.4 Å². The molecule has 0 bridgehead atoms. The number of amides is 2. The highest BCUT2D eigenvalue weighted by Crippen LogP contribution is 2.35. The van der Waals surface area contributed by atoms with Gasteiger partial charge in [-0.3, -0.25) is 13.9 Å². The van der Waals surface area contributed by atoms with Crippen molar-refractivity contribution < 1.29 is 31.9 Å². The summed E-state index contributed by atoms with van der Waals surface area (Å²) in [6, 6.07) is 9.38. The Bertz CT molecular complexity index is 1220. The highest BCUT2D eigenvalue weighted by atomic mass is 32.2. The van der Waals surface area contributed by atoms with Gasteiger partial charge in [-0.1, -0.05) is 26.0 Å². The van der Waals surface area contributed by atoms with Crippen molar-refractivity contribution in [3.8, 4) is 11.5 Å². The first-order chi connectivity index (χ1) is 18.1. The maximum Gasteiger partial charge on any atom is 0.244 e. The standard InChI is InChI=1S/C27H36FN3O6S/c1-5-19(4)29-27(33)23(6-2)30(17-20-8-10-21(28)11-9-20)26(32)18-31(38(34,35)7-3)22-12-13-24-25(16-22)37-15-14-36-24/h8-13,16,19,23H,5-7,14-15,17-18H2,1-4H3,(H,29,33)/t19-,23-/m1/s1. The van der Waals surface area contributed by atoms with E-state index in [1.165, 1.54) is 42.2 Å². The third kappa shape index (κ3) is 7.15. The second-order valence-corrected chi connectivity index (χ2v) is 11.3. The van der Waals surface area contributed by atoms with Crippen LogP contribution in [0.5, 0.6) is 11.5 Å². The van der Waals surface area contributed by atoms with Crippen molar-refractivity contribution in [3.05, 3.63) is 53.8 Å². The fourth-order valence-corrected chi connectivity index (χ4v) is 5.11. The molecule has 0 unspecified atom stereocenters. The number of benzene rings is 2. The van der Waals surface area contributed by atoms with Crippen LogP contribution < -0.4 is 19.1 Å². The predicted molar refractivity (Wildman–Crippen MR) is 143 cm³/mol. The minimum absolute atomic E-state index is 0.00664. The molecule has 0 radical (unpaired) electrons. The summed E-state index contributed by atoms with van der Waals surface area (Å²) in [6.07, 6.45) is 1.01. The number of nitrogens with zero attached hydrogens (tertiary/aromatic N) is 2. The van der Waals surface area contributed by atoms with Gasteiger partial charge < -0.3 is 19.7 Å². The molecular formula is C27H36FN3O6S. The minimum Gasteiger partial charge on any atom is -0.486 e. The van der Waals surface area contributed by atoms with E-state index in [0.717, 1.165) is 4.31 Å². The van der Waals surface area contributed by atoms with Gasteiger partial charge in [-0.25, -0.2) is 12.8 Å². The average molecular weight is 550 g/mol. The van der Waals surface area contributed by atoms with Crippen LogP contribution in [0.15, 0.2) is 42.5 Å². The first-order valence-electron chi connectivity index (χ1n) is 12.8. The van der Waals surface area contributed by atoms with Gasteiger partial charge in [0.1, 0.15) is 31.6 Å². The Morgan fingerprint density at radius 2 is 1.66 bits per heavy atom. The van der Waals surface area contributed by atoms with E-state index in [2.05, 4.69) is 5.32 Å². The molecule has 1 N–H and O–H groups in total. The summed E-state index contributed by atoms with van der Waals surface area (Å²) in [5, 5.41) is 2.92. The lowest BCUT2D eigenvalue weighted by molar-refractivity contribution is -0.140. The van der Waals surface area contributed by atoms with Crippen LogP contribution >= 0.6 is 0 Å². The van der Waals surface area contributed by atoms with E-state index in [4.69, 9.17) is 9.47 Å². The molecular weight excluding hydrogens is 513 g/mol. The van der Waals surface area contributed by atoms with E-state index in [1.54, 1.807) is 19.1 Å². The van der Waals surface area contributed by atoms with Gasteiger partial charge in [-0.2, -0.15) is 0 Å². The number of ether oxygens (including phenoxy) is 2. The molecule has 2 aromatic rings. The highest BCUT2D eigenvalue weighted by Gasteiger charge is 2.33. The molecule has 1 aliphatic rings. The maximum absolute atomic E-state index is 13.8. The summed E-state index contributed by atoms with van der Waals surface area (Å²) >= 11 is 0. The summed E-state index contributed by atoms with van der Waals surface area (Å²) in [5.74, 6) is -0.676. The van der Waals surface area contributed by atoms with Gasteiger partial charge in [0.15, 0.2) is 11.5 Å². The first kappa shape index (κ1) is 29.2. The van der Waals surface area contributed by atoms with Crippen LogP contribution in [-0.4, -0.2) is 62.7 Å². The first-order valence-corrected chi connectivity index (χ1v) is 14.4. The van der Waals surface area contributed by atoms with E-state index in [9.17, 15) is 22.4 Å². The zero-order valence-electron chi connectivity index (χ0n) is 22.3. The molecule has 0 aliphatic carbocycles. The average Bonchev–Trinajstić information content (AvgIpc) is 2.92. The summed E-state index contributed by atoms with van der Waals surface area (Å²) < 4.78 is 52.0. The van der Waals surface area contributed by atoms with E-state index in [0.29, 0.717) is 43.1 Å². The molecule has 2 amide bonds. The molecule has 0 spiro atoms. The van der Waals surface area contributed by atoms with Crippen molar-refractivity contribution in [2.45, 2.75) is 59.2 Å². The predicted octanol–water partition coefficient (Wildman–Crippen LogP) is 3.48. The number of carbonyl (C=O) groups excluding carboxylic acids is 2. The molecule has 11 heteroatoms. The summed E-state index contributed by atoms with van der Waals surface area (Å²) in [6.45, 7) is 7.28. The number of nitrogens with one attached hydrogen (secondary N) is 1. The highest BCUT2D eigenvalue weighted by molar-refractivity contribution is 7.92. The van der Waals surface area contributed by atoms with Gasteiger partial charge in [0.25, 0.3) is 0 Å². The quantitative estimate of drug-likeness (QED) is 0.435. The SMILES string of the molecule is CC[C@@H](C)NC(=O)[C@@H](CC)N(Cc1ccc(F)cc1)C(=O)CN(c1ccc2c(c1)OCCO2)S(=O)(=O)CC. The second kappa shape index (κ2) is 12.9. The van der Waals surface area contributed by atoms with E-state index in [-0.39, 0.29) is 29.9 Å². The van der Waals surface area contributed by atoms with E-state index >= 15 is 0 Å². The molecule has 0 saturated heterocycles. The zero-order valence-corrected chi connectivity index (χ0v) is 23.1. The van der Waals surface area contributed by atoms with Crippen molar-refractivity contribution in [1.82, 2.24) is 10.2 Å². The van der Waals surface area contributed by atoms with Crippen molar-refractivity contribution in [2.75, 3.05) is 29.8 Å². The number of rotatable bonds is 12. The van der Waals surface area contributed by atoms with Crippen molar-refractivity contribution in [1.29, 1.82) is 0 Å². The number of hydrogen-bond donors (Lipinski definition) is 1. The van der Waals surface area contributed by atoms with Crippen LogP contribution in [0.25, 0.3) is 0 Å². The summed E-state index contributed by atoms with van der Waals surface area (Å²) in [7, 11) is -3.88. The Balaban J connectivity index is 1.97. The maximum atomic E-state index is 13.8. The third-order valence-corrected chi connectivity index (χ3v) is 8.19. The van der Waals surface area contributed by atoms with Gasteiger partial charge in [0, 0.05) is 18.7 Å². The van der Waals surface area contributed by atoms with Gasteiger partial charge in [-0.05, 0) is 56.5 Å². The van der Waals surface area contributed by atoms with E-state index < -0.39 is 34.3 Å². The fraction of sp³-hybridized carbons (Fsp3) is 0.481. The Morgan fingerprint density at radius 1 is 1.00 bits per heavy atom. The van der Waals surface area contributed by atoms with Crippen molar-refractivity contribution >= 4 is 27.5 Å². The van der Waals surface area contributed by atoms with Crippen LogP contribution in [-0.2, 0) is 26.2 Å². The second-order valence-electron chi connectivity index (χ2n) is 9.13. The van der Waals surface area contributed by atoms with Gasteiger partial charge >= 0.3 is 0 Å². The molecule has 2 atom stereocenters. The lowest BCUT2D eigenvalue weighted by Crippen LogP contribution is -2.53. The van der Waals surface area contributed by atoms with Gasteiger partial charge in [0.2, 0.25) is 21.8 Å².